The summed E-state index contributed by atoms with van der Waals surface area (Å²) >= 11 is 0. The fourth-order valence-electron chi connectivity index (χ4n) is 1.33. The Morgan fingerprint density at radius 3 is 2.35 bits per heavy atom. The first-order chi connectivity index (χ1) is 9.42. The van der Waals surface area contributed by atoms with Crippen LogP contribution in [-0.2, 0) is 9.53 Å². The summed E-state index contributed by atoms with van der Waals surface area (Å²) in [6.07, 6.45) is 0.984. The maximum atomic E-state index is 12.0. The lowest BCUT2D eigenvalue weighted by Crippen LogP contribution is -2.12. The van der Waals surface area contributed by atoms with E-state index in [9.17, 15) is 13.6 Å². The van der Waals surface area contributed by atoms with Crippen molar-refractivity contribution >= 4 is 12.0 Å². The lowest BCUT2D eigenvalue weighted by atomic mass is 10.1. The van der Waals surface area contributed by atoms with Crippen LogP contribution in [0.2, 0.25) is 0 Å². The van der Waals surface area contributed by atoms with Gasteiger partial charge in [-0.15, -0.1) is 0 Å². The number of hydrogen-bond acceptors (Lipinski definition) is 4. The van der Waals surface area contributed by atoms with Gasteiger partial charge in [0, 0.05) is 0 Å². The molecule has 0 saturated heterocycles. The van der Waals surface area contributed by atoms with Crippen molar-refractivity contribution in [1.29, 1.82) is 5.26 Å². The van der Waals surface area contributed by atoms with Crippen LogP contribution in [-0.4, -0.2) is 18.7 Å². The number of carbonyl (C=O) groups is 1. The summed E-state index contributed by atoms with van der Waals surface area (Å²) < 4.78 is 33.0. The highest BCUT2D eigenvalue weighted by molar-refractivity contribution is 5.97. The number of halogens is 2. The van der Waals surface area contributed by atoms with Gasteiger partial charge in [0.15, 0.2) is 0 Å². The maximum absolute atomic E-state index is 12.0. The van der Waals surface area contributed by atoms with Gasteiger partial charge in [0.25, 0.3) is 0 Å². The van der Waals surface area contributed by atoms with E-state index in [0.29, 0.717) is 5.56 Å². The molecule has 106 valence electrons. The van der Waals surface area contributed by atoms with Crippen LogP contribution in [0.3, 0.4) is 0 Å². The molecule has 20 heavy (non-hydrogen) atoms. The molecule has 1 aromatic carbocycles. The highest BCUT2D eigenvalue weighted by Crippen LogP contribution is 2.17. The predicted molar refractivity (Wildman–Crippen MR) is 67.9 cm³/mol. The molecule has 1 rings (SSSR count). The number of benzene rings is 1. The predicted octanol–water partition coefficient (Wildman–Crippen LogP) is 3.15. The van der Waals surface area contributed by atoms with Crippen molar-refractivity contribution in [2.75, 3.05) is 0 Å². The molecule has 0 radical (unpaired) electrons. The minimum Gasteiger partial charge on any atom is -0.459 e. The number of nitrogens with zero attached hydrogens (tertiary/aromatic N) is 1. The second-order valence-electron chi connectivity index (χ2n) is 4.07. The standard InChI is InChI=1S/C14H13F2NO3/c1-9(2)19-13(18)11(8-17)7-10-3-5-12(6-4-10)20-14(15)16/h3-7,9,14H,1-2H3/b11-7-. The second kappa shape index (κ2) is 7.24. The highest BCUT2D eigenvalue weighted by Gasteiger charge is 2.12. The van der Waals surface area contributed by atoms with E-state index in [1.807, 2.05) is 0 Å². The molecule has 0 aliphatic carbocycles. The van der Waals surface area contributed by atoms with E-state index >= 15 is 0 Å². The molecule has 1 aromatic rings. The Morgan fingerprint density at radius 1 is 1.30 bits per heavy atom. The molecule has 0 spiro atoms. The smallest absolute Gasteiger partial charge is 0.387 e. The Kier molecular flexibility index (Phi) is 5.66. The molecule has 0 bridgehead atoms. The highest BCUT2D eigenvalue weighted by atomic mass is 19.3. The molecular weight excluding hydrogens is 268 g/mol. The summed E-state index contributed by atoms with van der Waals surface area (Å²) in [5.41, 5.74) is 0.338. The molecule has 4 nitrogen and oxygen atoms in total. The largest absolute Gasteiger partial charge is 0.459 e. The first kappa shape index (κ1) is 15.6. The molecule has 0 aliphatic heterocycles. The van der Waals surface area contributed by atoms with Crippen LogP contribution in [0.25, 0.3) is 6.08 Å². The third-order valence-corrected chi connectivity index (χ3v) is 2.10. The molecule has 0 saturated carbocycles. The van der Waals surface area contributed by atoms with Crippen molar-refractivity contribution in [2.45, 2.75) is 26.6 Å². The maximum Gasteiger partial charge on any atom is 0.387 e. The van der Waals surface area contributed by atoms with Crippen molar-refractivity contribution in [3.05, 3.63) is 35.4 Å². The fourth-order valence-corrected chi connectivity index (χ4v) is 1.33. The van der Waals surface area contributed by atoms with Gasteiger partial charge in [0.05, 0.1) is 6.10 Å². The summed E-state index contributed by atoms with van der Waals surface area (Å²) in [4.78, 5) is 11.6. The van der Waals surface area contributed by atoms with Gasteiger partial charge in [-0.3, -0.25) is 0 Å². The summed E-state index contributed by atoms with van der Waals surface area (Å²) in [7, 11) is 0. The average Bonchev–Trinajstić information content (AvgIpc) is 2.36. The fraction of sp³-hybridized carbons (Fsp3) is 0.286. The minimum atomic E-state index is -2.90. The lowest BCUT2D eigenvalue weighted by molar-refractivity contribution is -0.142. The minimum absolute atomic E-state index is 0.000384. The molecule has 6 heteroatoms. The van der Waals surface area contributed by atoms with Gasteiger partial charge in [-0.05, 0) is 37.6 Å². The summed E-state index contributed by atoms with van der Waals surface area (Å²) in [5, 5.41) is 8.90. The number of nitriles is 1. The zero-order chi connectivity index (χ0) is 15.1. The number of carbonyl (C=O) groups excluding carboxylic acids is 1. The first-order valence-electron chi connectivity index (χ1n) is 5.80. The molecule has 0 aliphatic rings. The Labute approximate surface area is 115 Å². The zero-order valence-corrected chi connectivity index (χ0v) is 11.0. The number of ether oxygens (including phenoxy) is 2. The second-order valence-corrected chi connectivity index (χ2v) is 4.07. The molecule has 0 atom stereocenters. The molecular formula is C14H13F2NO3. The Morgan fingerprint density at radius 2 is 1.90 bits per heavy atom. The Balaban J connectivity index is 2.86. The molecule has 0 amide bonds. The van der Waals surface area contributed by atoms with E-state index in [0.717, 1.165) is 0 Å². The van der Waals surface area contributed by atoms with E-state index in [4.69, 9.17) is 10.00 Å². The number of alkyl halides is 2. The third kappa shape index (κ3) is 5.06. The van der Waals surface area contributed by atoms with Gasteiger partial charge in [-0.1, -0.05) is 12.1 Å². The van der Waals surface area contributed by atoms with Crippen LogP contribution in [0.5, 0.6) is 5.75 Å². The Hall–Kier alpha value is -2.42. The van der Waals surface area contributed by atoms with E-state index in [1.54, 1.807) is 19.9 Å². The van der Waals surface area contributed by atoms with E-state index < -0.39 is 12.6 Å². The molecule has 0 aromatic heterocycles. The van der Waals surface area contributed by atoms with Crippen molar-refractivity contribution < 1.29 is 23.0 Å². The third-order valence-electron chi connectivity index (χ3n) is 2.10. The first-order valence-corrected chi connectivity index (χ1v) is 5.80. The van der Waals surface area contributed by atoms with Crippen molar-refractivity contribution in [1.82, 2.24) is 0 Å². The van der Waals surface area contributed by atoms with Gasteiger partial charge < -0.3 is 9.47 Å². The van der Waals surface area contributed by atoms with Gasteiger partial charge >= 0.3 is 12.6 Å². The summed E-state index contributed by atoms with van der Waals surface area (Å²) in [6, 6.07) is 7.29. The molecule has 0 N–H and O–H groups in total. The van der Waals surface area contributed by atoms with Gasteiger partial charge in [-0.2, -0.15) is 14.0 Å². The topological polar surface area (TPSA) is 59.3 Å². The quantitative estimate of drug-likeness (QED) is 0.472. The van der Waals surface area contributed by atoms with Crippen molar-refractivity contribution in [3.63, 3.8) is 0 Å². The normalized spacial score (nSPS) is 11.3. The number of esters is 1. The molecule has 0 heterocycles. The van der Waals surface area contributed by atoms with Crippen LogP contribution in [0.15, 0.2) is 29.8 Å². The SMILES string of the molecule is CC(C)OC(=O)/C(C#N)=C\c1ccc(OC(F)F)cc1. The van der Waals surface area contributed by atoms with E-state index in [2.05, 4.69) is 4.74 Å². The van der Waals surface area contributed by atoms with E-state index in [1.165, 1.54) is 30.3 Å². The van der Waals surface area contributed by atoms with E-state index in [-0.39, 0.29) is 17.4 Å². The van der Waals surface area contributed by atoms with Crippen LogP contribution in [0, 0.1) is 11.3 Å². The van der Waals surface area contributed by atoms with Crippen molar-refractivity contribution in [2.24, 2.45) is 0 Å². The van der Waals surface area contributed by atoms with Crippen LogP contribution in [0.4, 0.5) is 8.78 Å². The molecule has 0 fully saturated rings. The van der Waals surface area contributed by atoms with Crippen molar-refractivity contribution in [3.8, 4) is 11.8 Å². The number of rotatable bonds is 5. The monoisotopic (exact) mass is 281 g/mol. The van der Waals surface area contributed by atoms with Gasteiger partial charge in [0.1, 0.15) is 17.4 Å². The number of hydrogen-bond donors (Lipinski definition) is 0. The molecule has 0 unspecified atom stereocenters. The van der Waals surface area contributed by atoms with Gasteiger partial charge in [-0.25, -0.2) is 4.79 Å². The van der Waals surface area contributed by atoms with Crippen LogP contribution >= 0.6 is 0 Å². The average molecular weight is 281 g/mol. The van der Waals surface area contributed by atoms with Crippen LogP contribution in [0.1, 0.15) is 19.4 Å². The lowest BCUT2D eigenvalue weighted by Gasteiger charge is -2.07. The Bertz CT molecular complexity index is 530. The summed E-state index contributed by atoms with van der Waals surface area (Å²) in [5.74, 6) is -0.726. The van der Waals surface area contributed by atoms with Gasteiger partial charge in [0.2, 0.25) is 0 Å². The summed E-state index contributed by atoms with van der Waals surface area (Å²) in [6.45, 7) is 0.444. The zero-order valence-electron chi connectivity index (χ0n) is 11.0. The van der Waals surface area contributed by atoms with Crippen LogP contribution < -0.4 is 4.74 Å².